The van der Waals surface area contributed by atoms with Crippen molar-refractivity contribution in [1.82, 2.24) is 0 Å². The van der Waals surface area contributed by atoms with Crippen molar-refractivity contribution in [3.8, 4) is 0 Å². The molecule has 0 amide bonds. The molecule has 0 aliphatic heterocycles. The Hall–Kier alpha value is -2.50. The Labute approximate surface area is 157 Å². The van der Waals surface area contributed by atoms with Gasteiger partial charge in [0, 0.05) is 29.0 Å². The Morgan fingerprint density at radius 3 is 2.46 bits per heavy atom. The van der Waals surface area contributed by atoms with Gasteiger partial charge in [-0.2, -0.15) is 0 Å². The standard InChI is InChI=1S/C20H20ClNO4/c1-26-19(24)10-9-17(22)18(23)11-14-7-8-15(21)12-16(14)20(25)13-5-3-2-4-6-13/h2-8,12,17H,9-11,22H2,1H3/t17-/m0/s1. The van der Waals surface area contributed by atoms with E-state index >= 15 is 0 Å². The monoisotopic (exact) mass is 373 g/mol. The van der Waals surface area contributed by atoms with Crippen molar-refractivity contribution in [2.24, 2.45) is 5.73 Å². The third kappa shape index (κ3) is 5.25. The molecule has 0 radical (unpaired) electrons. The molecule has 0 aliphatic rings. The van der Waals surface area contributed by atoms with Crippen LogP contribution in [0.2, 0.25) is 5.02 Å². The van der Waals surface area contributed by atoms with Gasteiger partial charge in [-0.05, 0) is 24.1 Å². The first-order valence-corrected chi connectivity index (χ1v) is 8.53. The van der Waals surface area contributed by atoms with Crippen LogP contribution in [0.15, 0.2) is 48.5 Å². The van der Waals surface area contributed by atoms with Crippen LogP contribution in [0.5, 0.6) is 0 Å². The smallest absolute Gasteiger partial charge is 0.305 e. The molecule has 0 spiro atoms. The van der Waals surface area contributed by atoms with Gasteiger partial charge in [0.1, 0.15) is 0 Å². The lowest BCUT2D eigenvalue weighted by atomic mass is 9.93. The molecular weight excluding hydrogens is 354 g/mol. The predicted octanol–water partition coefficient (Wildman–Crippen LogP) is 2.96. The molecular formula is C20H20ClNO4. The summed E-state index contributed by atoms with van der Waals surface area (Å²) in [7, 11) is 1.28. The molecule has 0 heterocycles. The molecule has 0 aliphatic carbocycles. The van der Waals surface area contributed by atoms with Crippen LogP contribution in [0.25, 0.3) is 0 Å². The predicted molar refractivity (Wildman–Crippen MR) is 99.3 cm³/mol. The molecule has 136 valence electrons. The molecule has 0 unspecified atom stereocenters. The maximum Gasteiger partial charge on any atom is 0.305 e. The second kappa shape index (κ2) is 9.27. The van der Waals surface area contributed by atoms with E-state index in [4.69, 9.17) is 17.3 Å². The molecule has 6 heteroatoms. The zero-order chi connectivity index (χ0) is 19.1. The van der Waals surface area contributed by atoms with Crippen molar-refractivity contribution < 1.29 is 19.1 Å². The lowest BCUT2D eigenvalue weighted by Crippen LogP contribution is -2.32. The maximum atomic E-state index is 12.8. The molecule has 0 saturated heterocycles. The van der Waals surface area contributed by atoms with Crippen LogP contribution in [0, 0.1) is 0 Å². The number of ether oxygens (including phenoxy) is 1. The first kappa shape index (κ1) is 19.8. The molecule has 2 aromatic rings. The van der Waals surface area contributed by atoms with Gasteiger partial charge in [0.2, 0.25) is 0 Å². The van der Waals surface area contributed by atoms with Gasteiger partial charge in [-0.3, -0.25) is 14.4 Å². The van der Waals surface area contributed by atoms with E-state index in [-0.39, 0.29) is 30.8 Å². The first-order valence-electron chi connectivity index (χ1n) is 8.15. The van der Waals surface area contributed by atoms with Gasteiger partial charge < -0.3 is 10.5 Å². The lowest BCUT2D eigenvalue weighted by Gasteiger charge is -2.13. The summed E-state index contributed by atoms with van der Waals surface area (Å²) in [5, 5.41) is 0.412. The highest BCUT2D eigenvalue weighted by Gasteiger charge is 2.20. The minimum Gasteiger partial charge on any atom is -0.469 e. The minimum absolute atomic E-state index is 0.00653. The van der Waals surface area contributed by atoms with Crippen LogP contribution < -0.4 is 5.73 Å². The fourth-order valence-electron chi connectivity index (χ4n) is 2.51. The molecule has 2 N–H and O–H groups in total. The van der Waals surface area contributed by atoms with E-state index in [1.54, 1.807) is 42.5 Å². The SMILES string of the molecule is COC(=O)CC[C@H](N)C(=O)Cc1ccc(Cl)cc1C(=O)c1ccccc1. The third-order valence-electron chi connectivity index (χ3n) is 4.02. The van der Waals surface area contributed by atoms with Crippen molar-refractivity contribution >= 4 is 29.1 Å². The van der Waals surface area contributed by atoms with E-state index in [0.29, 0.717) is 21.7 Å². The lowest BCUT2D eigenvalue weighted by molar-refractivity contribution is -0.140. The molecule has 26 heavy (non-hydrogen) atoms. The van der Waals surface area contributed by atoms with Gasteiger partial charge in [-0.15, -0.1) is 0 Å². The number of benzene rings is 2. The number of halogens is 1. The van der Waals surface area contributed by atoms with E-state index < -0.39 is 12.0 Å². The summed E-state index contributed by atoms with van der Waals surface area (Å²) in [6, 6.07) is 12.8. The van der Waals surface area contributed by atoms with E-state index in [0.717, 1.165) is 0 Å². The molecule has 0 bridgehead atoms. The Balaban J connectivity index is 2.18. The van der Waals surface area contributed by atoms with Gasteiger partial charge in [0.05, 0.1) is 13.2 Å². The fourth-order valence-corrected chi connectivity index (χ4v) is 2.69. The number of Topliss-reactive ketones (excluding diaryl/α,β-unsaturated/α-hetero) is 1. The normalized spacial score (nSPS) is 11.7. The van der Waals surface area contributed by atoms with Crippen molar-refractivity contribution in [1.29, 1.82) is 0 Å². The maximum absolute atomic E-state index is 12.8. The zero-order valence-corrected chi connectivity index (χ0v) is 15.2. The Morgan fingerprint density at radius 1 is 1.12 bits per heavy atom. The molecule has 2 aromatic carbocycles. The largest absolute Gasteiger partial charge is 0.469 e. The summed E-state index contributed by atoms with van der Waals surface area (Å²) in [4.78, 5) is 36.3. The van der Waals surface area contributed by atoms with Crippen LogP contribution >= 0.6 is 11.6 Å². The fraction of sp³-hybridized carbons (Fsp3) is 0.250. The molecule has 5 nitrogen and oxygen atoms in total. The van der Waals surface area contributed by atoms with Gasteiger partial charge in [0.25, 0.3) is 0 Å². The molecule has 2 rings (SSSR count). The number of carbonyl (C=O) groups excluding carboxylic acids is 3. The number of hydrogen-bond acceptors (Lipinski definition) is 5. The average molecular weight is 374 g/mol. The van der Waals surface area contributed by atoms with Crippen LogP contribution in [-0.4, -0.2) is 30.7 Å². The van der Waals surface area contributed by atoms with Crippen LogP contribution in [-0.2, 0) is 20.7 Å². The van der Waals surface area contributed by atoms with Gasteiger partial charge >= 0.3 is 5.97 Å². The highest BCUT2D eigenvalue weighted by Crippen LogP contribution is 2.21. The highest BCUT2D eigenvalue weighted by molar-refractivity contribution is 6.31. The first-order chi connectivity index (χ1) is 12.4. The summed E-state index contributed by atoms with van der Waals surface area (Å²) in [5.74, 6) is -0.878. The van der Waals surface area contributed by atoms with Crippen molar-refractivity contribution in [3.63, 3.8) is 0 Å². The quantitative estimate of drug-likeness (QED) is 0.567. The van der Waals surface area contributed by atoms with E-state index in [2.05, 4.69) is 4.74 Å². The van der Waals surface area contributed by atoms with Crippen LogP contribution in [0.1, 0.15) is 34.3 Å². The number of methoxy groups -OCH3 is 1. The van der Waals surface area contributed by atoms with Crippen LogP contribution in [0.3, 0.4) is 0 Å². The Morgan fingerprint density at radius 2 is 1.81 bits per heavy atom. The Kier molecular flexibility index (Phi) is 7.06. The molecule has 0 saturated carbocycles. The Bertz CT molecular complexity index is 805. The summed E-state index contributed by atoms with van der Waals surface area (Å²) in [6.07, 6.45) is 0.258. The number of hydrogen-bond donors (Lipinski definition) is 1. The van der Waals surface area contributed by atoms with Gasteiger partial charge in [-0.25, -0.2) is 0 Å². The molecule has 0 aromatic heterocycles. The topological polar surface area (TPSA) is 86.5 Å². The van der Waals surface area contributed by atoms with Crippen molar-refractivity contribution in [2.75, 3.05) is 7.11 Å². The van der Waals surface area contributed by atoms with Crippen LogP contribution in [0.4, 0.5) is 0 Å². The molecule has 1 atom stereocenters. The third-order valence-corrected chi connectivity index (χ3v) is 4.25. The number of carbonyl (C=O) groups is 3. The minimum atomic E-state index is -0.801. The second-order valence-corrected chi connectivity index (χ2v) is 6.30. The summed E-state index contributed by atoms with van der Waals surface area (Å²) < 4.78 is 4.55. The summed E-state index contributed by atoms with van der Waals surface area (Å²) in [5.41, 5.74) is 7.31. The number of ketones is 2. The van der Waals surface area contributed by atoms with E-state index in [9.17, 15) is 14.4 Å². The highest BCUT2D eigenvalue weighted by atomic mass is 35.5. The van der Waals surface area contributed by atoms with E-state index in [1.165, 1.54) is 7.11 Å². The summed E-state index contributed by atoms with van der Waals surface area (Å²) >= 11 is 6.03. The number of nitrogens with two attached hydrogens (primary N) is 1. The van der Waals surface area contributed by atoms with Gasteiger partial charge in [0.15, 0.2) is 11.6 Å². The van der Waals surface area contributed by atoms with Gasteiger partial charge in [-0.1, -0.05) is 48.0 Å². The number of esters is 1. The number of rotatable bonds is 8. The molecule has 0 fully saturated rings. The zero-order valence-electron chi connectivity index (χ0n) is 14.4. The average Bonchev–Trinajstić information content (AvgIpc) is 2.67. The van der Waals surface area contributed by atoms with Crippen molar-refractivity contribution in [2.45, 2.75) is 25.3 Å². The van der Waals surface area contributed by atoms with E-state index in [1.807, 2.05) is 6.07 Å². The van der Waals surface area contributed by atoms with Crippen molar-refractivity contribution in [3.05, 3.63) is 70.2 Å². The second-order valence-electron chi connectivity index (χ2n) is 5.86. The summed E-state index contributed by atoms with van der Waals surface area (Å²) in [6.45, 7) is 0.